The van der Waals surface area contributed by atoms with Crippen LogP contribution in [0.1, 0.15) is 49.9 Å². The highest BCUT2D eigenvalue weighted by Gasteiger charge is 2.43. The molecule has 0 heterocycles. The lowest BCUT2D eigenvalue weighted by Gasteiger charge is -2.38. The van der Waals surface area contributed by atoms with Gasteiger partial charge in [0.15, 0.2) is 5.78 Å². The number of carbonyl (C=O) groups excluding carboxylic acids is 1. The summed E-state index contributed by atoms with van der Waals surface area (Å²) in [6.07, 6.45) is 3.35. The van der Waals surface area contributed by atoms with Crippen LogP contribution in [-0.4, -0.2) is 25.1 Å². The highest BCUT2D eigenvalue weighted by atomic mass is 19.1. The molecule has 1 saturated carbocycles. The van der Waals surface area contributed by atoms with Crippen molar-refractivity contribution in [2.45, 2.75) is 45.1 Å². The topological polar surface area (TPSA) is 35.5 Å². The molecule has 0 amide bonds. The zero-order valence-corrected chi connectivity index (χ0v) is 12.9. The Balaban J connectivity index is 2.34. The molecule has 1 aromatic rings. The van der Waals surface area contributed by atoms with Gasteiger partial charge in [-0.05, 0) is 44.2 Å². The van der Waals surface area contributed by atoms with E-state index in [0.717, 1.165) is 12.8 Å². The Morgan fingerprint density at radius 2 is 2.24 bits per heavy atom. The molecule has 21 heavy (non-hydrogen) atoms. The Hall–Kier alpha value is -1.42. The fraction of sp³-hybridized carbons (Fsp3) is 0.588. The number of Topliss-reactive ketones (excluding diaryl/α,β-unsaturated/α-hetero) is 1. The van der Waals surface area contributed by atoms with Crippen LogP contribution in [0.25, 0.3) is 0 Å². The fourth-order valence-electron chi connectivity index (χ4n) is 3.23. The second-order valence-corrected chi connectivity index (χ2v) is 5.80. The van der Waals surface area contributed by atoms with Crippen LogP contribution in [0, 0.1) is 11.7 Å². The van der Waals surface area contributed by atoms with E-state index in [1.54, 1.807) is 6.07 Å². The van der Waals surface area contributed by atoms with Gasteiger partial charge in [-0.3, -0.25) is 4.79 Å². The normalized spacial score (nSPS) is 25.6. The van der Waals surface area contributed by atoms with E-state index in [1.165, 1.54) is 19.2 Å². The van der Waals surface area contributed by atoms with E-state index in [0.29, 0.717) is 31.1 Å². The number of ether oxygens (including phenoxy) is 2. The van der Waals surface area contributed by atoms with Crippen LogP contribution in [0.3, 0.4) is 0 Å². The van der Waals surface area contributed by atoms with Crippen molar-refractivity contribution in [1.29, 1.82) is 0 Å². The molecule has 0 bridgehead atoms. The van der Waals surface area contributed by atoms with Gasteiger partial charge >= 0.3 is 0 Å². The van der Waals surface area contributed by atoms with Crippen LogP contribution in [-0.2, 0) is 4.74 Å². The largest absolute Gasteiger partial charge is 0.497 e. The summed E-state index contributed by atoms with van der Waals surface area (Å²) in [4.78, 5) is 12.9. The zero-order chi connectivity index (χ0) is 15.5. The van der Waals surface area contributed by atoms with Crippen LogP contribution < -0.4 is 4.74 Å². The third kappa shape index (κ3) is 3.26. The minimum absolute atomic E-state index is 0.0957. The summed E-state index contributed by atoms with van der Waals surface area (Å²) in [6.45, 7) is 4.44. The lowest BCUT2D eigenvalue weighted by Crippen LogP contribution is -2.45. The summed E-state index contributed by atoms with van der Waals surface area (Å²) in [5, 5.41) is 0. The maximum atomic E-state index is 14.2. The molecule has 0 aliphatic heterocycles. The van der Waals surface area contributed by atoms with Gasteiger partial charge in [0.05, 0.1) is 12.7 Å². The van der Waals surface area contributed by atoms with Gasteiger partial charge in [0.1, 0.15) is 17.2 Å². The van der Waals surface area contributed by atoms with E-state index in [4.69, 9.17) is 9.47 Å². The highest BCUT2D eigenvalue weighted by Crippen LogP contribution is 2.38. The summed E-state index contributed by atoms with van der Waals surface area (Å²) < 4.78 is 25.0. The number of carbonyl (C=O) groups is 1. The van der Waals surface area contributed by atoms with Crippen molar-refractivity contribution < 1.29 is 18.7 Å². The maximum Gasteiger partial charge on any atom is 0.197 e. The van der Waals surface area contributed by atoms with Crippen LogP contribution in [0.15, 0.2) is 18.2 Å². The van der Waals surface area contributed by atoms with E-state index < -0.39 is 11.4 Å². The lowest BCUT2D eigenvalue weighted by molar-refractivity contribution is -0.0513. The third-order valence-electron chi connectivity index (χ3n) is 4.21. The molecule has 0 N–H and O–H groups in total. The number of benzene rings is 1. The third-order valence-corrected chi connectivity index (χ3v) is 4.21. The predicted molar refractivity (Wildman–Crippen MR) is 79.3 cm³/mol. The van der Waals surface area contributed by atoms with Crippen LogP contribution in [0.4, 0.5) is 4.39 Å². The average Bonchev–Trinajstić information content (AvgIpc) is 2.46. The molecule has 1 aliphatic rings. The second-order valence-electron chi connectivity index (χ2n) is 5.80. The van der Waals surface area contributed by atoms with E-state index in [2.05, 4.69) is 6.92 Å². The molecular weight excluding hydrogens is 271 g/mol. The van der Waals surface area contributed by atoms with Gasteiger partial charge in [-0.25, -0.2) is 4.39 Å². The number of hydrogen-bond donors (Lipinski definition) is 0. The second kappa shape index (κ2) is 6.56. The number of methoxy groups -OCH3 is 1. The standard InChI is InChI=1S/C17H23FO3/c1-4-21-17(9-5-6-12(2)11-17)16(19)14-8-7-13(20-3)10-15(14)18/h7-8,10,12H,4-6,9,11H2,1-3H3. The Morgan fingerprint density at radius 3 is 2.81 bits per heavy atom. The molecule has 0 aromatic heterocycles. The monoisotopic (exact) mass is 294 g/mol. The van der Waals surface area contributed by atoms with Crippen molar-refractivity contribution in [1.82, 2.24) is 0 Å². The molecule has 0 radical (unpaired) electrons. The molecule has 0 spiro atoms. The molecule has 2 atom stereocenters. The molecule has 3 nitrogen and oxygen atoms in total. The quantitative estimate of drug-likeness (QED) is 0.770. The molecule has 2 rings (SSSR count). The van der Waals surface area contributed by atoms with Gasteiger partial charge in [0.2, 0.25) is 0 Å². The molecule has 4 heteroatoms. The predicted octanol–water partition coefficient (Wildman–Crippen LogP) is 4.00. The van der Waals surface area contributed by atoms with Crippen molar-refractivity contribution in [3.63, 3.8) is 0 Å². The maximum absolute atomic E-state index is 14.2. The summed E-state index contributed by atoms with van der Waals surface area (Å²) in [7, 11) is 1.47. The minimum atomic E-state index is -0.873. The van der Waals surface area contributed by atoms with E-state index in [9.17, 15) is 9.18 Å². The van der Waals surface area contributed by atoms with Gasteiger partial charge in [0.25, 0.3) is 0 Å². The lowest BCUT2D eigenvalue weighted by atomic mass is 9.74. The van der Waals surface area contributed by atoms with Crippen LogP contribution >= 0.6 is 0 Å². The van der Waals surface area contributed by atoms with Crippen LogP contribution in [0.2, 0.25) is 0 Å². The summed E-state index contributed by atoms with van der Waals surface area (Å²) in [6, 6.07) is 4.36. The summed E-state index contributed by atoms with van der Waals surface area (Å²) in [5.41, 5.74) is -0.777. The first-order chi connectivity index (χ1) is 10.0. The summed E-state index contributed by atoms with van der Waals surface area (Å²) >= 11 is 0. The van der Waals surface area contributed by atoms with Gasteiger partial charge in [-0.1, -0.05) is 13.3 Å². The van der Waals surface area contributed by atoms with E-state index >= 15 is 0 Å². The van der Waals surface area contributed by atoms with Crippen LogP contribution in [0.5, 0.6) is 5.75 Å². The number of ketones is 1. The van der Waals surface area contributed by atoms with Crippen molar-refractivity contribution in [3.05, 3.63) is 29.6 Å². The molecule has 1 aliphatic carbocycles. The number of halogens is 1. The average molecular weight is 294 g/mol. The van der Waals surface area contributed by atoms with Gasteiger partial charge in [-0.2, -0.15) is 0 Å². The van der Waals surface area contributed by atoms with Crippen molar-refractivity contribution in [2.24, 2.45) is 5.92 Å². The molecule has 2 unspecified atom stereocenters. The Bertz CT molecular complexity index is 511. The smallest absolute Gasteiger partial charge is 0.197 e. The molecular formula is C17H23FO3. The zero-order valence-electron chi connectivity index (χ0n) is 12.9. The number of rotatable bonds is 5. The molecule has 1 aromatic carbocycles. The molecule has 1 fully saturated rings. The summed E-state index contributed by atoms with van der Waals surface area (Å²) in [5.74, 6) is 0.0368. The Morgan fingerprint density at radius 1 is 1.48 bits per heavy atom. The van der Waals surface area contributed by atoms with Crippen molar-refractivity contribution in [2.75, 3.05) is 13.7 Å². The van der Waals surface area contributed by atoms with Gasteiger partial charge in [0, 0.05) is 12.7 Å². The first-order valence-corrected chi connectivity index (χ1v) is 7.54. The SMILES string of the molecule is CCOC1(C(=O)c2ccc(OC)cc2F)CCCC(C)C1. The highest BCUT2D eigenvalue weighted by molar-refractivity contribution is 6.03. The Kier molecular flexibility index (Phi) is 4.99. The number of hydrogen-bond acceptors (Lipinski definition) is 3. The van der Waals surface area contributed by atoms with Crippen molar-refractivity contribution in [3.8, 4) is 5.75 Å². The van der Waals surface area contributed by atoms with E-state index in [1.807, 2.05) is 6.92 Å². The molecule has 116 valence electrons. The van der Waals surface area contributed by atoms with Gasteiger partial charge in [-0.15, -0.1) is 0 Å². The molecule has 0 saturated heterocycles. The fourth-order valence-corrected chi connectivity index (χ4v) is 3.23. The first kappa shape index (κ1) is 16.0. The Labute approximate surface area is 125 Å². The first-order valence-electron chi connectivity index (χ1n) is 7.54. The van der Waals surface area contributed by atoms with E-state index in [-0.39, 0.29) is 11.3 Å². The van der Waals surface area contributed by atoms with Gasteiger partial charge < -0.3 is 9.47 Å². The van der Waals surface area contributed by atoms with Crippen molar-refractivity contribution >= 4 is 5.78 Å². The minimum Gasteiger partial charge on any atom is -0.497 e.